The Bertz CT molecular complexity index is 790. The zero-order valence-corrected chi connectivity index (χ0v) is 17.4. The maximum Gasteiger partial charge on any atom is 0.126 e. The lowest BCUT2D eigenvalue weighted by molar-refractivity contribution is 0.0909. The fraction of sp³-hybridized carbons (Fsp3) is 0.478. The van der Waals surface area contributed by atoms with Crippen molar-refractivity contribution in [3.8, 4) is 5.75 Å². The summed E-state index contributed by atoms with van der Waals surface area (Å²) in [7, 11) is 0. The van der Waals surface area contributed by atoms with Gasteiger partial charge in [0.2, 0.25) is 0 Å². The lowest BCUT2D eigenvalue weighted by Crippen LogP contribution is -2.44. The van der Waals surface area contributed by atoms with Gasteiger partial charge in [-0.3, -0.25) is 5.84 Å². The Labute approximate surface area is 169 Å². The summed E-state index contributed by atoms with van der Waals surface area (Å²) < 4.78 is 6.34. The molecule has 1 fully saturated rings. The van der Waals surface area contributed by atoms with E-state index in [2.05, 4.69) is 63.2 Å². The number of hydrazine groups is 1. The lowest BCUT2D eigenvalue weighted by atomic mass is 9.81. The fourth-order valence-electron chi connectivity index (χ4n) is 4.83. The molecule has 27 heavy (non-hydrogen) atoms. The van der Waals surface area contributed by atoms with Crippen LogP contribution < -0.4 is 10.6 Å². The second-order valence-electron chi connectivity index (χ2n) is 8.65. The van der Waals surface area contributed by atoms with Gasteiger partial charge in [0.15, 0.2) is 0 Å². The third-order valence-electron chi connectivity index (χ3n) is 5.80. The third-order valence-corrected chi connectivity index (χ3v) is 5.80. The Hall–Kier alpha value is -1.55. The highest BCUT2D eigenvalue weighted by Crippen LogP contribution is 2.42. The summed E-state index contributed by atoms with van der Waals surface area (Å²) in [6.07, 6.45) is 4.38. The van der Waals surface area contributed by atoms with E-state index in [9.17, 15) is 0 Å². The number of aryl methyl sites for hydroxylation is 1. The molecular weight excluding hydrogens is 356 g/mol. The molecule has 1 saturated heterocycles. The van der Waals surface area contributed by atoms with E-state index in [0.717, 1.165) is 31.6 Å². The van der Waals surface area contributed by atoms with E-state index in [1.54, 1.807) is 0 Å². The van der Waals surface area contributed by atoms with Crippen molar-refractivity contribution in [2.45, 2.75) is 58.1 Å². The molecule has 4 heteroatoms. The van der Waals surface area contributed by atoms with Gasteiger partial charge in [-0.25, -0.2) is 5.01 Å². The van der Waals surface area contributed by atoms with E-state index in [1.165, 1.54) is 28.7 Å². The highest BCUT2D eigenvalue weighted by atomic mass is 35.5. The fourth-order valence-corrected chi connectivity index (χ4v) is 4.83. The van der Waals surface area contributed by atoms with Crippen LogP contribution in [0.25, 0.3) is 0 Å². The first kappa shape index (κ1) is 20.2. The molecule has 0 radical (unpaired) electrons. The Morgan fingerprint density at radius 2 is 1.93 bits per heavy atom. The number of nitrogens with two attached hydrogens (primary N) is 1. The van der Waals surface area contributed by atoms with Crippen LogP contribution in [0.15, 0.2) is 42.5 Å². The van der Waals surface area contributed by atoms with Crippen LogP contribution in [0.5, 0.6) is 5.75 Å². The van der Waals surface area contributed by atoms with Crippen LogP contribution in [0.2, 0.25) is 0 Å². The second-order valence-corrected chi connectivity index (χ2v) is 8.65. The minimum atomic E-state index is -0.101. The van der Waals surface area contributed by atoms with Crippen molar-refractivity contribution in [1.82, 2.24) is 5.01 Å². The average molecular weight is 387 g/mol. The van der Waals surface area contributed by atoms with Crippen LogP contribution >= 0.6 is 12.4 Å². The summed E-state index contributed by atoms with van der Waals surface area (Å²) in [5.41, 5.74) is 5.27. The molecule has 2 aromatic carbocycles. The predicted octanol–water partition coefficient (Wildman–Crippen LogP) is 5.00. The summed E-state index contributed by atoms with van der Waals surface area (Å²) in [5.74, 6) is 8.08. The maximum absolute atomic E-state index is 6.44. The first-order valence-corrected chi connectivity index (χ1v) is 9.81. The number of ether oxygens (including phenoxy) is 1. The lowest BCUT2D eigenvalue weighted by Gasteiger charge is -2.39. The van der Waals surface area contributed by atoms with E-state index < -0.39 is 0 Å². The van der Waals surface area contributed by atoms with Crippen molar-refractivity contribution in [2.24, 2.45) is 11.8 Å². The number of hydrogen-bond donors (Lipinski definition) is 1. The van der Waals surface area contributed by atoms with Crippen LogP contribution in [0.1, 0.15) is 55.0 Å². The quantitative estimate of drug-likeness (QED) is 0.754. The normalized spacial score (nSPS) is 24.0. The molecule has 3 nitrogen and oxygen atoms in total. The van der Waals surface area contributed by atoms with E-state index in [4.69, 9.17) is 10.6 Å². The van der Waals surface area contributed by atoms with E-state index in [-0.39, 0.29) is 24.0 Å². The molecule has 2 aliphatic rings. The van der Waals surface area contributed by atoms with Crippen molar-refractivity contribution in [2.75, 3.05) is 6.54 Å². The van der Waals surface area contributed by atoms with Crippen molar-refractivity contribution in [3.05, 3.63) is 64.7 Å². The van der Waals surface area contributed by atoms with Gasteiger partial charge in [0, 0.05) is 13.0 Å². The number of hydrogen-bond acceptors (Lipinski definition) is 3. The van der Waals surface area contributed by atoms with Gasteiger partial charge in [0.25, 0.3) is 0 Å². The number of fused-ring (bicyclic) bond motifs is 1. The van der Waals surface area contributed by atoms with Gasteiger partial charge >= 0.3 is 0 Å². The van der Waals surface area contributed by atoms with Gasteiger partial charge in [-0.15, -0.1) is 12.4 Å². The molecule has 0 unspecified atom stereocenters. The van der Waals surface area contributed by atoms with Gasteiger partial charge in [0.1, 0.15) is 11.4 Å². The number of halogens is 1. The first-order chi connectivity index (χ1) is 12.4. The average Bonchev–Trinajstić information content (AvgIpc) is 2.90. The third kappa shape index (κ3) is 4.16. The summed E-state index contributed by atoms with van der Waals surface area (Å²) in [4.78, 5) is 0. The highest BCUT2D eigenvalue weighted by Gasteiger charge is 2.35. The molecule has 4 rings (SSSR count). The van der Waals surface area contributed by atoms with Gasteiger partial charge < -0.3 is 4.74 Å². The SMILES string of the molecule is Cc1cc(C[C@@H]2CCCN(N)[C@@H]2c2ccccc2)c2c(c1)CC(C)(C)O2.Cl. The van der Waals surface area contributed by atoms with Crippen molar-refractivity contribution in [3.63, 3.8) is 0 Å². The van der Waals surface area contributed by atoms with E-state index >= 15 is 0 Å². The Morgan fingerprint density at radius 3 is 2.67 bits per heavy atom. The van der Waals surface area contributed by atoms with Crippen molar-refractivity contribution >= 4 is 12.4 Å². The molecule has 0 amide bonds. The summed E-state index contributed by atoms with van der Waals surface area (Å²) in [6, 6.07) is 15.6. The van der Waals surface area contributed by atoms with Crippen LogP contribution in [0.4, 0.5) is 0 Å². The minimum absolute atomic E-state index is 0. The standard InChI is InChI=1S/C23H30N2O.ClH/c1-16-12-19(22-20(13-16)15-23(2,3)26-22)14-18-10-7-11-25(24)21(18)17-8-5-4-6-9-17;/h4-6,8-9,12-13,18,21H,7,10-11,14-15,24H2,1-3H3;1H/t18-,21+;/m0./s1. The molecule has 146 valence electrons. The maximum atomic E-state index is 6.44. The summed E-state index contributed by atoms with van der Waals surface area (Å²) >= 11 is 0. The largest absolute Gasteiger partial charge is 0.487 e. The van der Waals surface area contributed by atoms with Gasteiger partial charge in [-0.05, 0) is 62.6 Å². The van der Waals surface area contributed by atoms with Crippen LogP contribution in [0.3, 0.4) is 0 Å². The molecule has 2 heterocycles. The molecular formula is C23H31ClN2O. The molecule has 0 saturated carbocycles. The Morgan fingerprint density at radius 1 is 1.19 bits per heavy atom. The minimum Gasteiger partial charge on any atom is -0.487 e. The molecule has 0 spiro atoms. The smallest absolute Gasteiger partial charge is 0.126 e. The molecule has 2 atom stereocenters. The van der Waals surface area contributed by atoms with Crippen LogP contribution in [-0.4, -0.2) is 17.2 Å². The predicted molar refractivity (Wildman–Crippen MR) is 113 cm³/mol. The zero-order chi connectivity index (χ0) is 18.3. The molecule has 0 aromatic heterocycles. The number of piperidine rings is 1. The monoisotopic (exact) mass is 386 g/mol. The van der Waals surface area contributed by atoms with Gasteiger partial charge in [-0.1, -0.05) is 48.0 Å². The molecule has 2 N–H and O–H groups in total. The number of rotatable bonds is 3. The molecule has 0 aliphatic carbocycles. The second kappa shape index (κ2) is 7.83. The van der Waals surface area contributed by atoms with E-state index in [1.807, 2.05) is 5.01 Å². The summed E-state index contributed by atoms with van der Waals surface area (Å²) in [6.45, 7) is 7.52. The topological polar surface area (TPSA) is 38.5 Å². The van der Waals surface area contributed by atoms with Gasteiger partial charge in [0.05, 0.1) is 6.04 Å². The molecule has 2 aromatic rings. The number of nitrogens with zero attached hydrogens (tertiary/aromatic N) is 1. The highest BCUT2D eigenvalue weighted by molar-refractivity contribution is 5.85. The van der Waals surface area contributed by atoms with Crippen LogP contribution in [-0.2, 0) is 12.8 Å². The van der Waals surface area contributed by atoms with Crippen molar-refractivity contribution in [1.29, 1.82) is 0 Å². The Balaban J connectivity index is 0.00000210. The first-order valence-electron chi connectivity index (χ1n) is 9.81. The van der Waals surface area contributed by atoms with Crippen molar-refractivity contribution < 1.29 is 4.74 Å². The molecule has 0 bridgehead atoms. The van der Waals surface area contributed by atoms with E-state index in [0.29, 0.717) is 5.92 Å². The molecule has 2 aliphatic heterocycles. The Kier molecular flexibility index (Phi) is 5.85. The van der Waals surface area contributed by atoms with Crippen LogP contribution in [0, 0.1) is 12.8 Å². The summed E-state index contributed by atoms with van der Waals surface area (Å²) in [5, 5.41) is 2.05. The van der Waals surface area contributed by atoms with Gasteiger partial charge in [-0.2, -0.15) is 0 Å². The number of benzene rings is 2. The zero-order valence-electron chi connectivity index (χ0n) is 16.6.